The quantitative estimate of drug-likeness (QED) is 0.388. The van der Waals surface area contributed by atoms with Gasteiger partial charge in [0.1, 0.15) is 11.2 Å². The van der Waals surface area contributed by atoms with E-state index in [4.69, 9.17) is 13.7 Å². The molecule has 0 aliphatic carbocycles. The standard InChI is InChI=1S/C18H20O7S/c1-4-14-7-9-15(10-8-14)26(21,22)24-12-18(3,13(2)19)17(20)25-16-6-5-11-23-16/h4-5,7-11,16H,1,6,12H2,2-3H3. The van der Waals surface area contributed by atoms with Crippen LogP contribution in [0.1, 0.15) is 25.8 Å². The van der Waals surface area contributed by atoms with Crippen LogP contribution < -0.4 is 0 Å². The fourth-order valence-corrected chi connectivity index (χ4v) is 3.03. The number of rotatable bonds is 8. The molecule has 1 aliphatic rings. The summed E-state index contributed by atoms with van der Waals surface area (Å²) < 4.78 is 39.8. The van der Waals surface area contributed by atoms with Gasteiger partial charge in [-0.3, -0.25) is 13.8 Å². The van der Waals surface area contributed by atoms with Crippen molar-refractivity contribution in [2.45, 2.75) is 31.5 Å². The Hall–Kier alpha value is -2.45. The van der Waals surface area contributed by atoms with Crippen molar-refractivity contribution < 1.29 is 31.7 Å². The lowest BCUT2D eigenvalue weighted by atomic mass is 9.87. The molecule has 0 saturated heterocycles. The Morgan fingerprint density at radius 1 is 1.35 bits per heavy atom. The molecule has 8 heteroatoms. The van der Waals surface area contributed by atoms with E-state index < -0.39 is 40.2 Å². The van der Waals surface area contributed by atoms with Crippen molar-refractivity contribution in [1.82, 2.24) is 0 Å². The molecule has 0 spiro atoms. The number of hydrogen-bond donors (Lipinski definition) is 0. The van der Waals surface area contributed by atoms with Gasteiger partial charge in [-0.2, -0.15) is 8.42 Å². The molecule has 0 N–H and O–H groups in total. The van der Waals surface area contributed by atoms with Gasteiger partial charge in [0, 0.05) is 6.42 Å². The Bertz CT molecular complexity index is 816. The van der Waals surface area contributed by atoms with Crippen molar-refractivity contribution in [2.24, 2.45) is 5.41 Å². The fourth-order valence-electron chi connectivity index (χ4n) is 2.03. The number of Topliss-reactive ketones (excluding diaryl/α,β-unsaturated/α-hetero) is 1. The summed E-state index contributed by atoms with van der Waals surface area (Å²) in [5.74, 6) is -1.48. The molecule has 0 amide bonds. The predicted octanol–water partition coefficient (Wildman–Crippen LogP) is 2.43. The minimum Gasteiger partial charge on any atom is -0.462 e. The first-order chi connectivity index (χ1) is 12.2. The maximum atomic E-state index is 12.4. The molecule has 26 heavy (non-hydrogen) atoms. The molecular formula is C18H20O7S. The van der Waals surface area contributed by atoms with Crippen LogP contribution in [0.5, 0.6) is 0 Å². The molecule has 1 aliphatic heterocycles. The molecule has 2 rings (SSSR count). The minimum atomic E-state index is -4.15. The molecule has 0 saturated carbocycles. The first kappa shape index (κ1) is 19.9. The lowest BCUT2D eigenvalue weighted by Gasteiger charge is -2.25. The second-order valence-corrected chi connectivity index (χ2v) is 7.57. The average Bonchev–Trinajstić information content (AvgIpc) is 3.12. The first-order valence-corrected chi connectivity index (χ1v) is 9.24. The molecule has 0 radical (unpaired) electrons. The van der Waals surface area contributed by atoms with Crippen LogP contribution >= 0.6 is 0 Å². The van der Waals surface area contributed by atoms with E-state index in [1.165, 1.54) is 32.2 Å². The largest absolute Gasteiger partial charge is 0.462 e. The second kappa shape index (κ2) is 7.84. The minimum absolute atomic E-state index is 0.0919. The number of benzene rings is 1. The van der Waals surface area contributed by atoms with Crippen LogP contribution in [0.4, 0.5) is 0 Å². The predicted molar refractivity (Wildman–Crippen MR) is 93.2 cm³/mol. The van der Waals surface area contributed by atoms with E-state index in [0.29, 0.717) is 6.42 Å². The highest BCUT2D eigenvalue weighted by atomic mass is 32.2. The van der Waals surface area contributed by atoms with E-state index in [2.05, 4.69) is 6.58 Å². The van der Waals surface area contributed by atoms with Crippen LogP contribution in [0.3, 0.4) is 0 Å². The summed E-state index contributed by atoms with van der Waals surface area (Å²) in [5, 5.41) is 0. The van der Waals surface area contributed by atoms with Gasteiger partial charge in [-0.1, -0.05) is 24.8 Å². The monoisotopic (exact) mass is 380 g/mol. The van der Waals surface area contributed by atoms with Crippen LogP contribution in [0.2, 0.25) is 0 Å². The van der Waals surface area contributed by atoms with Gasteiger partial charge < -0.3 is 9.47 Å². The number of esters is 1. The zero-order valence-corrected chi connectivity index (χ0v) is 15.3. The zero-order chi connectivity index (χ0) is 19.4. The summed E-state index contributed by atoms with van der Waals surface area (Å²) in [5.41, 5.74) is -1.04. The number of ketones is 1. The van der Waals surface area contributed by atoms with Crippen molar-refractivity contribution in [3.63, 3.8) is 0 Å². The number of ether oxygens (including phenoxy) is 2. The summed E-state index contributed by atoms with van der Waals surface area (Å²) >= 11 is 0. The molecule has 0 bridgehead atoms. The van der Waals surface area contributed by atoms with Crippen LogP contribution in [0.15, 0.2) is 48.1 Å². The van der Waals surface area contributed by atoms with Gasteiger partial charge in [0.15, 0.2) is 0 Å². The highest BCUT2D eigenvalue weighted by molar-refractivity contribution is 7.86. The molecular weight excluding hydrogens is 360 g/mol. The topological polar surface area (TPSA) is 96.0 Å². The van der Waals surface area contributed by atoms with Crippen LogP contribution in [-0.2, 0) is 33.4 Å². The van der Waals surface area contributed by atoms with Gasteiger partial charge >= 0.3 is 5.97 Å². The lowest BCUT2D eigenvalue weighted by Crippen LogP contribution is -2.42. The van der Waals surface area contributed by atoms with Crippen molar-refractivity contribution in [3.8, 4) is 0 Å². The Morgan fingerprint density at radius 3 is 2.50 bits per heavy atom. The van der Waals surface area contributed by atoms with E-state index in [9.17, 15) is 18.0 Å². The third-order valence-electron chi connectivity index (χ3n) is 4.03. The Kier molecular flexibility index (Phi) is 5.99. The highest BCUT2D eigenvalue weighted by Gasteiger charge is 2.43. The number of carbonyl (C=O) groups is 2. The van der Waals surface area contributed by atoms with Crippen molar-refractivity contribution in [2.75, 3.05) is 6.61 Å². The van der Waals surface area contributed by atoms with E-state index in [-0.39, 0.29) is 4.90 Å². The lowest BCUT2D eigenvalue weighted by molar-refractivity contribution is -0.180. The van der Waals surface area contributed by atoms with Crippen LogP contribution in [0, 0.1) is 5.41 Å². The molecule has 1 aromatic carbocycles. The maximum Gasteiger partial charge on any atom is 0.324 e. The van der Waals surface area contributed by atoms with E-state index in [1.54, 1.807) is 24.3 Å². The number of carbonyl (C=O) groups excluding carboxylic acids is 2. The first-order valence-electron chi connectivity index (χ1n) is 7.83. The molecule has 2 unspecified atom stereocenters. The molecule has 1 aromatic rings. The summed E-state index contributed by atoms with van der Waals surface area (Å²) in [6.45, 7) is 5.36. The van der Waals surface area contributed by atoms with Crippen molar-refractivity contribution in [1.29, 1.82) is 0 Å². The maximum absolute atomic E-state index is 12.4. The van der Waals surface area contributed by atoms with Gasteiger partial charge in [0.2, 0.25) is 6.29 Å². The van der Waals surface area contributed by atoms with Gasteiger partial charge in [0.25, 0.3) is 10.1 Å². The van der Waals surface area contributed by atoms with Crippen molar-refractivity contribution >= 4 is 27.9 Å². The Labute approximate surface area is 152 Å². The normalized spacial score (nSPS) is 18.6. The highest BCUT2D eigenvalue weighted by Crippen LogP contribution is 2.26. The summed E-state index contributed by atoms with van der Waals surface area (Å²) in [6.07, 6.45) is 4.15. The smallest absolute Gasteiger partial charge is 0.324 e. The summed E-state index contributed by atoms with van der Waals surface area (Å²) in [4.78, 5) is 24.2. The van der Waals surface area contributed by atoms with Crippen LogP contribution in [-0.4, -0.2) is 33.1 Å². The molecule has 1 heterocycles. The third-order valence-corrected chi connectivity index (χ3v) is 5.31. The van der Waals surface area contributed by atoms with Gasteiger partial charge in [-0.25, -0.2) is 0 Å². The summed E-state index contributed by atoms with van der Waals surface area (Å²) in [6, 6.07) is 5.83. The molecule has 0 aromatic heterocycles. The van der Waals surface area contributed by atoms with E-state index in [1.807, 2.05) is 0 Å². The average molecular weight is 380 g/mol. The fraction of sp³-hybridized carbons (Fsp3) is 0.333. The molecule has 7 nitrogen and oxygen atoms in total. The molecule has 2 atom stereocenters. The number of hydrogen-bond acceptors (Lipinski definition) is 7. The van der Waals surface area contributed by atoms with Gasteiger partial charge in [-0.15, -0.1) is 0 Å². The van der Waals surface area contributed by atoms with E-state index in [0.717, 1.165) is 5.56 Å². The van der Waals surface area contributed by atoms with Gasteiger partial charge in [-0.05, 0) is 37.6 Å². The molecule has 0 fully saturated rings. The van der Waals surface area contributed by atoms with Crippen LogP contribution in [0.25, 0.3) is 6.08 Å². The summed E-state index contributed by atoms with van der Waals surface area (Å²) in [7, 11) is -4.15. The SMILES string of the molecule is C=Cc1ccc(S(=O)(=O)OCC(C)(C(C)=O)C(=O)OC2CC=CO2)cc1. The second-order valence-electron chi connectivity index (χ2n) is 5.96. The Balaban J connectivity index is 2.11. The Morgan fingerprint density at radius 2 is 2.00 bits per heavy atom. The van der Waals surface area contributed by atoms with Crippen molar-refractivity contribution in [3.05, 3.63) is 48.7 Å². The molecule has 140 valence electrons. The third kappa shape index (κ3) is 4.39. The van der Waals surface area contributed by atoms with Gasteiger partial charge in [0.05, 0.1) is 17.8 Å². The van der Waals surface area contributed by atoms with E-state index >= 15 is 0 Å². The zero-order valence-electron chi connectivity index (χ0n) is 14.5.